The van der Waals surface area contributed by atoms with Crippen LogP contribution in [0.2, 0.25) is 0 Å². The third-order valence-corrected chi connectivity index (χ3v) is 4.15. The second-order valence-electron chi connectivity index (χ2n) is 4.45. The highest BCUT2D eigenvalue weighted by atomic mass is 32.2. The van der Waals surface area contributed by atoms with Crippen LogP contribution in [0.5, 0.6) is 0 Å². The molecule has 22 heavy (non-hydrogen) atoms. The quantitative estimate of drug-likeness (QED) is 0.615. The number of carboxylic acid groups (broad SMARTS) is 2. The van der Waals surface area contributed by atoms with Crippen molar-refractivity contribution in [1.29, 1.82) is 0 Å². The lowest BCUT2D eigenvalue weighted by Gasteiger charge is -2.21. The molecule has 2 N–H and O–H groups in total. The predicted molar refractivity (Wildman–Crippen MR) is 82.1 cm³/mol. The molecule has 1 aliphatic heterocycles. The summed E-state index contributed by atoms with van der Waals surface area (Å²) in [5.74, 6) is -2.29. The van der Waals surface area contributed by atoms with Gasteiger partial charge in [-0.2, -0.15) is 0 Å². The van der Waals surface area contributed by atoms with Crippen molar-refractivity contribution in [3.63, 3.8) is 0 Å². The predicted octanol–water partition coefficient (Wildman–Crippen LogP) is 1.72. The fraction of sp³-hybridized carbons (Fsp3) is 0.231. The lowest BCUT2D eigenvalue weighted by molar-refractivity contribution is -0.150. The van der Waals surface area contributed by atoms with Gasteiger partial charge in [-0.25, -0.2) is 4.79 Å². The highest BCUT2D eigenvalue weighted by Crippen LogP contribution is 2.34. The van der Waals surface area contributed by atoms with Crippen molar-refractivity contribution in [3.05, 3.63) is 28.6 Å². The van der Waals surface area contributed by atoms with Gasteiger partial charge in [-0.15, -0.1) is 0 Å². The molecule has 7 nitrogen and oxygen atoms in total. The molecule has 1 saturated heterocycles. The molecule has 1 unspecified atom stereocenters. The van der Waals surface area contributed by atoms with Crippen molar-refractivity contribution in [1.82, 2.24) is 4.90 Å². The summed E-state index contributed by atoms with van der Waals surface area (Å²) in [6.07, 6.45) is 0.723. The van der Waals surface area contributed by atoms with Crippen LogP contribution in [0.3, 0.4) is 0 Å². The molecular formula is C13H11NO6S2. The van der Waals surface area contributed by atoms with Gasteiger partial charge >= 0.3 is 11.9 Å². The molecule has 0 aliphatic carbocycles. The van der Waals surface area contributed by atoms with E-state index < -0.39 is 30.3 Å². The zero-order chi connectivity index (χ0) is 16.4. The number of carbonyl (C=O) groups excluding carboxylic acids is 1. The maximum atomic E-state index is 12.3. The Kier molecular flexibility index (Phi) is 4.67. The molecule has 0 aromatic carbocycles. The standard InChI is InChI=1S/C13H11NO6S2/c1-6-2-3-7(20-6)4-9-11(17)14(13(21)22-9)8(12(18)19)5-10(15)16/h2-4,8H,5H2,1H3,(H,15,16)(H,18,19). The third kappa shape index (κ3) is 3.37. The summed E-state index contributed by atoms with van der Waals surface area (Å²) in [6, 6.07) is 1.85. The molecule has 0 saturated carbocycles. The number of amides is 1. The van der Waals surface area contributed by atoms with Gasteiger partial charge in [0.05, 0.1) is 11.3 Å². The normalized spacial score (nSPS) is 18.0. The second-order valence-corrected chi connectivity index (χ2v) is 6.13. The fourth-order valence-electron chi connectivity index (χ4n) is 1.86. The second kappa shape index (κ2) is 6.32. The van der Waals surface area contributed by atoms with E-state index in [1.54, 1.807) is 19.1 Å². The minimum absolute atomic E-state index is 0.00757. The van der Waals surface area contributed by atoms with Gasteiger partial charge in [-0.05, 0) is 19.1 Å². The highest BCUT2D eigenvalue weighted by molar-refractivity contribution is 8.26. The lowest BCUT2D eigenvalue weighted by atomic mass is 10.2. The van der Waals surface area contributed by atoms with Crippen molar-refractivity contribution in [3.8, 4) is 0 Å². The number of hydrogen-bond donors (Lipinski definition) is 2. The van der Waals surface area contributed by atoms with Crippen LogP contribution in [0, 0.1) is 6.92 Å². The fourth-order valence-corrected chi connectivity index (χ4v) is 3.20. The van der Waals surface area contributed by atoms with Gasteiger partial charge in [0.25, 0.3) is 5.91 Å². The Hall–Kier alpha value is -2.13. The molecule has 1 aliphatic rings. The number of thiocarbonyl (C=S) groups is 1. The van der Waals surface area contributed by atoms with Crippen LogP contribution in [0.15, 0.2) is 21.5 Å². The zero-order valence-electron chi connectivity index (χ0n) is 11.3. The van der Waals surface area contributed by atoms with Crippen molar-refractivity contribution in [2.45, 2.75) is 19.4 Å². The first-order valence-corrected chi connectivity index (χ1v) is 7.30. The van der Waals surface area contributed by atoms with E-state index >= 15 is 0 Å². The van der Waals surface area contributed by atoms with E-state index in [4.69, 9.17) is 26.8 Å². The average Bonchev–Trinajstić information content (AvgIpc) is 2.92. The molecule has 1 atom stereocenters. The molecule has 0 spiro atoms. The van der Waals surface area contributed by atoms with Gasteiger partial charge in [0.15, 0.2) is 0 Å². The molecule has 9 heteroatoms. The number of rotatable bonds is 5. The zero-order valence-corrected chi connectivity index (χ0v) is 12.9. The van der Waals surface area contributed by atoms with E-state index in [1.165, 1.54) is 6.08 Å². The Morgan fingerprint density at radius 1 is 1.45 bits per heavy atom. The van der Waals surface area contributed by atoms with Crippen molar-refractivity contribution < 1.29 is 29.0 Å². The number of hydrogen-bond acceptors (Lipinski definition) is 6. The molecule has 1 amide bonds. The molecular weight excluding hydrogens is 330 g/mol. The summed E-state index contributed by atoms with van der Waals surface area (Å²) in [4.78, 5) is 35.3. The molecule has 116 valence electrons. The molecule has 0 radical (unpaired) electrons. The SMILES string of the molecule is Cc1ccc(C=C2SC(=S)N(C(CC(=O)O)C(=O)O)C2=O)o1. The van der Waals surface area contributed by atoms with Crippen LogP contribution in [0.25, 0.3) is 6.08 Å². The van der Waals surface area contributed by atoms with Crippen LogP contribution in [0.1, 0.15) is 17.9 Å². The average molecular weight is 341 g/mol. The maximum absolute atomic E-state index is 12.3. The van der Waals surface area contributed by atoms with E-state index in [1.807, 2.05) is 0 Å². The summed E-state index contributed by atoms with van der Waals surface area (Å²) in [7, 11) is 0. The van der Waals surface area contributed by atoms with E-state index in [-0.39, 0.29) is 9.23 Å². The molecule has 2 rings (SSSR count). The molecule has 1 fully saturated rings. The number of nitrogens with zero attached hydrogens (tertiary/aromatic N) is 1. The largest absolute Gasteiger partial charge is 0.481 e. The van der Waals surface area contributed by atoms with Crippen LogP contribution < -0.4 is 0 Å². The Morgan fingerprint density at radius 3 is 2.64 bits per heavy atom. The van der Waals surface area contributed by atoms with Gasteiger partial charge < -0.3 is 14.6 Å². The first kappa shape index (κ1) is 16.2. The minimum atomic E-state index is -1.53. The third-order valence-electron chi connectivity index (χ3n) is 2.82. The highest BCUT2D eigenvalue weighted by Gasteiger charge is 2.41. The summed E-state index contributed by atoms with van der Waals surface area (Å²) >= 11 is 5.92. The van der Waals surface area contributed by atoms with Gasteiger partial charge in [-0.3, -0.25) is 14.5 Å². The maximum Gasteiger partial charge on any atom is 0.327 e. The molecule has 1 aromatic heterocycles. The number of furan rings is 1. The van der Waals surface area contributed by atoms with Crippen LogP contribution in [-0.4, -0.2) is 43.3 Å². The van der Waals surface area contributed by atoms with Crippen LogP contribution in [-0.2, 0) is 14.4 Å². The van der Waals surface area contributed by atoms with Crippen molar-refractivity contribution in [2.75, 3.05) is 0 Å². The van der Waals surface area contributed by atoms with Crippen molar-refractivity contribution in [2.24, 2.45) is 0 Å². The first-order valence-electron chi connectivity index (χ1n) is 6.07. The number of aliphatic carboxylic acids is 2. The van der Waals surface area contributed by atoms with Crippen LogP contribution in [0.4, 0.5) is 0 Å². The van der Waals surface area contributed by atoms with Gasteiger partial charge in [0, 0.05) is 6.08 Å². The van der Waals surface area contributed by atoms with E-state index in [9.17, 15) is 14.4 Å². The summed E-state index contributed by atoms with van der Waals surface area (Å²) in [6.45, 7) is 1.75. The first-order chi connectivity index (χ1) is 10.3. The number of thioether (sulfide) groups is 1. The molecule has 2 heterocycles. The molecule has 0 bridgehead atoms. The van der Waals surface area contributed by atoms with E-state index in [2.05, 4.69) is 0 Å². The Morgan fingerprint density at radius 2 is 2.14 bits per heavy atom. The van der Waals surface area contributed by atoms with Gasteiger partial charge in [0.2, 0.25) is 0 Å². The number of carboxylic acids is 2. The number of aryl methyl sites for hydroxylation is 1. The summed E-state index contributed by atoms with van der Waals surface area (Å²) in [5, 5.41) is 17.9. The van der Waals surface area contributed by atoms with Crippen LogP contribution >= 0.6 is 24.0 Å². The minimum Gasteiger partial charge on any atom is -0.481 e. The summed E-state index contributed by atoms with van der Waals surface area (Å²) < 4.78 is 5.33. The monoisotopic (exact) mass is 341 g/mol. The number of carbonyl (C=O) groups is 3. The van der Waals surface area contributed by atoms with E-state index in [0.717, 1.165) is 16.7 Å². The Bertz CT molecular complexity index is 692. The van der Waals surface area contributed by atoms with Gasteiger partial charge in [0.1, 0.15) is 21.9 Å². The van der Waals surface area contributed by atoms with Gasteiger partial charge in [-0.1, -0.05) is 24.0 Å². The molecule has 1 aromatic rings. The Balaban J connectivity index is 2.29. The smallest absolute Gasteiger partial charge is 0.327 e. The summed E-state index contributed by atoms with van der Waals surface area (Å²) in [5.41, 5.74) is 0. The lowest BCUT2D eigenvalue weighted by Crippen LogP contribution is -2.45. The Labute approximate surface area is 134 Å². The topological polar surface area (TPSA) is 108 Å². The van der Waals surface area contributed by atoms with E-state index in [0.29, 0.717) is 11.5 Å². The van der Waals surface area contributed by atoms with Crippen molar-refractivity contribution >= 4 is 52.2 Å².